The first-order chi connectivity index (χ1) is 23.7. The summed E-state index contributed by atoms with van der Waals surface area (Å²) in [5.74, 6) is -0.409. The highest BCUT2D eigenvalue weighted by Gasteiger charge is 2.21. The van der Waals surface area contributed by atoms with Crippen LogP contribution in [0.25, 0.3) is 17.3 Å². The monoisotopic (exact) mass is 730 g/mol. The van der Waals surface area contributed by atoms with Gasteiger partial charge in [0.15, 0.2) is 5.13 Å². The second-order valence-corrected chi connectivity index (χ2v) is 13.5. The molecule has 5 aromatic rings. The van der Waals surface area contributed by atoms with E-state index in [0.29, 0.717) is 45.0 Å². The number of ether oxygens (including phenoxy) is 1. The Labute approximate surface area is 302 Å². The summed E-state index contributed by atoms with van der Waals surface area (Å²) in [6.45, 7) is 4.46. The predicted octanol–water partition coefficient (Wildman–Crippen LogP) is 9.43. The minimum absolute atomic E-state index is 0.0185. The smallest absolute Gasteiger partial charge is 0.272 e. The number of hydrogen-bond donors (Lipinski definition) is 3. The average molecular weight is 732 g/mol. The third-order valence-electron chi connectivity index (χ3n) is 7.02. The highest BCUT2D eigenvalue weighted by molar-refractivity contribution is 8.00. The lowest BCUT2D eigenvalue weighted by Gasteiger charge is -2.15. The summed E-state index contributed by atoms with van der Waals surface area (Å²) in [5.41, 5.74) is 3.03. The Kier molecular flexibility index (Phi) is 12.5. The molecular weight excluding hydrogens is 699 g/mol. The standard InChI is InChI=1S/C37H32Cl2N4O4S2/c1-3-33(36(46)43-37-42-32(22-48-37)23-14-17-28(18-15-23)47-4-2)49-29-12-8-11-27(21-29)40-35(45)31(19-25-13-16-26(38)20-30(25)39)41-34(44)24-9-6-5-7-10-24/h5-22,33H,3-4H2,1-2H3,(H,40,45)(H,41,44)(H,42,43,46)/b31-19+. The molecule has 250 valence electrons. The van der Waals surface area contributed by atoms with Crippen LogP contribution in [0.3, 0.4) is 0 Å². The fraction of sp³-hybridized carbons (Fsp3) is 0.135. The van der Waals surface area contributed by atoms with Gasteiger partial charge in [0.1, 0.15) is 11.4 Å². The van der Waals surface area contributed by atoms with E-state index >= 15 is 0 Å². The molecule has 1 unspecified atom stereocenters. The van der Waals surface area contributed by atoms with Crippen molar-refractivity contribution in [1.29, 1.82) is 0 Å². The number of rotatable bonds is 13. The lowest BCUT2D eigenvalue weighted by atomic mass is 10.1. The van der Waals surface area contributed by atoms with Gasteiger partial charge in [-0.05, 0) is 91.7 Å². The molecule has 3 N–H and O–H groups in total. The molecule has 1 aromatic heterocycles. The zero-order valence-corrected chi connectivity index (χ0v) is 29.7. The summed E-state index contributed by atoms with van der Waals surface area (Å²) < 4.78 is 5.51. The summed E-state index contributed by atoms with van der Waals surface area (Å²) in [5, 5.41) is 11.3. The molecule has 1 heterocycles. The minimum atomic E-state index is -0.561. The first kappa shape index (κ1) is 35.7. The third-order valence-corrected chi connectivity index (χ3v) is 9.70. The first-order valence-corrected chi connectivity index (χ1v) is 17.8. The van der Waals surface area contributed by atoms with Crippen LogP contribution in [0, 0.1) is 0 Å². The lowest BCUT2D eigenvalue weighted by molar-refractivity contribution is -0.116. The SMILES string of the molecule is CCOc1ccc(-c2csc(NC(=O)C(CC)Sc3cccc(NC(=O)/C(=C\c4ccc(Cl)cc4Cl)NC(=O)c4ccccc4)c3)n2)cc1. The molecule has 5 rings (SSSR count). The van der Waals surface area contributed by atoms with Crippen LogP contribution in [0.2, 0.25) is 10.0 Å². The number of halogens is 2. The molecule has 3 amide bonds. The van der Waals surface area contributed by atoms with Crippen molar-refractivity contribution < 1.29 is 19.1 Å². The van der Waals surface area contributed by atoms with E-state index in [1.165, 1.54) is 29.2 Å². The number of nitrogens with zero attached hydrogens (tertiary/aromatic N) is 1. The van der Waals surface area contributed by atoms with Gasteiger partial charge in [0.25, 0.3) is 11.8 Å². The number of aromatic nitrogens is 1. The second kappa shape index (κ2) is 17.2. The van der Waals surface area contributed by atoms with Crippen molar-refractivity contribution in [3.05, 3.63) is 129 Å². The van der Waals surface area contributed by atoms with Crippen LogP contribution in [0.15, 0.2) is 113 Å². The summed E-state index contributed by atoms with van der Waals surface area (Å²) in [6, 6.07) is 28.2. The van der Waals surface area contributed by atoms with Crippen LogP contribution in [0.5, 0.6) is 5.75 Å². The van der Waals surface area contributed by atoms with E-state index in [2.05, 4.69) is 20.9 Å². The van der Waals surface area contributed by atoms with Gasteiger partial charge in [-0.2, -0.15) is 0 Å². The number of carbonyl (C=O) groups is 3. The molecule has 0 bridgehead atoms. The van der Waals surface area contributed by atoms with Crippen LogP contribution in [0.4, 0.5) is 10.8 Å². The number of thioether (sulfide) groups is 1. The van der Waals surface area contributed by atoms with E-state index in [0.717, 1.165) is 21.9 Å². The van der Waals surface area contributed by atoms with Gasteiger partial charge in [0.05, 0.1) is 17.6 Å². The van der Waals surface area contributed by atoms with Gasteiger partial charge in [-0.1, -0.05) is 60.5 Å². The molecular formula is C37H32Cl2N4O4S2. The van der Waals surface area contributed by atoms with Crippen molar-refractivity contribution in [2.75, 3.05) is 17.2 Å². The van der Waals surface area contributed by atoms with Crippen molar-refractivity contribution in [1.82, 2.24) is 10.3 Å². The molecule has 0 saturated carbocycles. The zero-order chi connectivity index (χ0) is 34.8. The van der Waals surface area contributed by atoms with Gasteiger partial charge in [-0.25, -0.2) is 4.98 Å². The number of carbonyl (C=O) groups excluding carboxylic acids is 3. The molecule has 0 saturated heterocycles. The van der Waals surface area contributed by atoms with Crippen LogP contribution in [-0.4, -0.2) is 34.6 Å². The summed E-state index contributed by atoms with van der Waals surface area (Å²) >= 11 is 15.2. The predicted molar refractivity (Wildman–Crippen MR) is 201 cm³/mol. The topological polar surface area (TPSA) is 109 Å². The average Bonchev–Trinajstić information content (AvgIpc) is 3.57. The Hall–Kier alpha value is -4.61. The number of nitrogens with one attached hydrogen (secondary N) is 3. The fourth-order valence-corrected chi connectivity index (χ4v) is 6.79. The molecule has 4 aromatic carbocycles. The number of anilines is 2. The van der Waals surface area contributed by atoms with E-state index in [-0.39, 0.29) is 11.6 Å². The Morgan fingerprint density at radius 3 is 2.41 bits per heavy atom. The molecule has 49 heavy (non-hydrogen) atoms. The maximum absolute atomic E-state index is 13.6. The van der Waals surface area contributed by atoms with Gasteiger partial charge >= 0.3 is 0 Å². The van der Waals surface area contributed by atoms with Crippen LogP contribution in [-0.2, 0) is 9.59 Å². The van der Waals surface area contributed by atoms with E-state index in [1.54, 1.807) is 66.7 Å². The van der Waals surface area contributed by atoms with E-state index in [9.17, 15) is 14.4 Å². The van der Waals surface area contributed by atoms with Gasteiger partial charge < -0.3 is 20.7 Å². The normalized spacial score (nSPS) is 11.8. The third kappa shape index (κ3) is 9.96. The Balaban J connectivity index is 1.27. The molecule has 0 aliphatic carbocycles. The first-order valence-electron chi connectivity index (χ1n) is 15.3. The number of hydrogen-bond acceptors (Lipinski definition) is 7. The van der Waals surface area contributed by atoms with E-state index in [1.807, 2.05) is 49.6 Å². The molecule has 0 spiro atoms. The number of thiazole rings is 1. The van der Waals surface area contributed by atoms with Crippen LogP contribution < -0.4 is 20.7 Å². The molecule has 1 atom stereocenters. The zero-order valence-electron chi connectivity index (χ0n) is 26.5. The van der Waals surface area contributed by atoms with Crippen molar-refractivity contribution >= 4 is 80.9 Å². The van der Waals surface area contributed by atoms with Gasteiger partial charge in [0, 0.05) is 37.1 Å². The highest BCUT2D eigenvalue weighted by atomic mass is 35.5. The van der Waals surface area contributed by atoms with E-state index < -0.39 is 17.1 Å². The fourth-order valence-electron chi connectivity index (χ4n) is 4.59. The van der Waals surface area contributed by atoms with Gasteiger partial charge in [0.2, 0.25) is 5.91 Å². The van der Waals surface area contributed by atoms with E-state index in [4.69, 9.17) is 27.9 Å². The van der Waals surface area contributed by atoms with Crippen molar-refractivity contribution in [3.8, 4) is 17.0 Å². The number of benzene rings is 4. The lowest BCUT2D eigenvalue weighted by Crippen LogP contribution is -2.30. The maximum atomic E-state index is 13.6. The molecule has 0 aliphatic rings. The van der Waals surface area contributed by atoms with Crippen molar-refractivity contribution in [3.63, 3.8) is 0 Å². The molecule has 8 nitrogen and oxygen atoms in total. The quantitative estimate of drug-likeness (QED) is 0.0823. The molecule has 0 radical (unpaired) electrons. The van der Waals surface area contributed by atoms with Gasteiger partial charge in [-0.3, -0.25) is 14.4 Å². The molecule has 12 heteroatoms. The van der Waals surface area contributed by atoms with Crippen molar-refractivity contribution in [2.24, 2.45) is 0 Å². The Bertz CT molecular complexity index is 1970. The minimum Gasteiger partial charge on any atom is -0.494 e. The highest BCUT2D eigenvalue weighted by Crippen LogP contribution is 2.31. The Morgan fingerprint density at radius 1 is 0.918 bits per heavy atom. The maximum Gasteiger partial charge on any atom is 0.272 e. The van der Waals surface area contributed by atoms with Crippen LogP contribution >= 0.6 is 46.3 Å². The van der Waals surface area contributed by atoms with Crippen LogP contribution in [0.1, 0.15) is 36.2 Å². The van der Waals surface area contributed by atoms with Crippen molar-refractivity contribution in [2.45, 2.75) is 30.4 Å². The van der Waals surface area contributed by atoms with Gasteiger partial charge in [-0.15, -0.1) is 23.1 Å². The largest absolute Gasteiger partial charge is 0.494 e. The summed E-state index contributed by atoms with van der Waals surface area (Å²) in [7, 11) is 0. The summed E-state index contributed by atoms with van der Waals surface area (Å²) in [4.78, 5) is 45.2. The second-order valence-electron chi connectivity index (χ2n) is 10.5. The number of amides is 3. The Morgan fingerprint density at radius 2 is 1.69 bits per heavy atom. The molecule has 0 aliphatic heterocycles. The summed E-state index contributed by atoms with van der Waals surface area (Å²) in [6.07, 6.45) is 2.05. The molecule has 0 fully saturated rings.